The predicted octanol–water partition coefficient (Wildman–Crippen LogP) is 5.45. The molecule has 4 aromatic rings. The van der Waals surface area contributed by atoms with Crippen LogP contribution < -0.4 is 10.6 Å². The van der Waals surface area contributed by atoms with E-state index in [4.69, 9.17) is 16.3 Å². The minimum Gasteiger partial charge on any atom is -0.462 e. The van der Waals surface area contributed by atoms with Crippen molar-refractivity contribution in [3.05, 3.63) is 86.8 Å². The van der Waals surface area contributed by atoms with Crippen molar-refractivity contribution in [2.75, 3.05) is 17.7 Å². The Bertz CT molecular complexity index is 1620. The standard InChI is InChI=1S/C28H25ClFN5O4S2/c1-2-39-27(38)24-19-10-6-12-21(19)41-26(24)32-23(36)15-40-28-34-33-22(35(28)17-8-5-7-16(29)13-17)14-31-25(37)18-9-3-4-11-20(18)30/h3-5,7-9,11,13H,2,6,10,12,14-15H2,1H3,(H,31,37)(H,32,36). The van der Waals surface area contributed by atoms with E-state index in [9.17, 15) is 18.8 Å². The van der Waals surface area contributed by atoms with Gasteiger partial charge in [-0.05, 0) is 62.1 Å². The Labute approximate surface area is 248 Å². The Morgan fingerprint density at radius 1 is 1.15 bits per heavy atom. The number of carbonyl (C=O) groups is 3. The van der Waals surface area contributed by atoms with Crippen LogP contribution in [0, 0.1) is 5.82 Å². The molecule has 1 aliphatic rings. The molecule has 0 fully saturated rings. The highest BCUT2D eigenvalue weighted by Gasteiger charge is 2.28. The van der Waals surface area contributed by atoms with E-state index in [1.807, 2.05) is 0 Å². The van der Waals surface area contributed by atoms with Gasteiger partial charge in [0.05, 0.1) is 35.7 Å². The zero-order chi connectivity index (χ0) is 28.9. The number of aromatic nitrogens is 3. The number of aryl methyl sites for hydroxylation is 1. The van der Waals surface area contributed by atoms with Crippen LogP contribution in [0.5, 0.6) is 0 Å². The maximum atomic E-state index is 14.1. The van der Waals surface area contributed by atoms with E-state index >= 15 is 0 Å². The van der Waals surface area contributed by atoms with E-state index < -0.39 is 17.7 Å². The molecule has 0 radical (unpaired) electrons. The van der Waals surface area contributed by atoms with E-state index in [0.29, 0.717) is 32.3 Å². The zero-order valence-electron chi connectivity index (χ0n) is 21.9. The molecule has 0 spiro atoms. The molecule has 0 saturated carbocycles. The second-order valence-electron chi connectivity index (χ2n) is 9.00. The van der Waals surface area contributed by atoms with Crippen molar-refractivity contribution in [3.63, 3.8) is 0 Å². The van der Waals surface area contributed by atoms with Gasteiger partial charge in [0.2, 0.25) is 5.91 Å². The third kappa shape index (κ3) is 6.45. The van der Waals surface area contributed by atoms with E-state index in [-0.39, 0.29) is 30.4 Å². The lowest BCUT2D eigenvalue weighted by Crippen LogP contribution is -2.25. The molecule has 2 heterocycles. The summed E-state index contributed by atoms with van der Waals surface area (Å²) >= 11 is 8.77. The number of thiophene rings is 1. The summed E-state index contributed by atoms with van der Waals surface area (Å²) in [6.45, 7) is 1.94. The average molecular weight is 614 g/mol. The minimum atomic E-state index is -0.634. The maximum Gasteiger partial charge on any atom is 0.341 e. The first-order valence-electron chi connectivity index (χ1n) is 12.8. The number of benzene rings is 2. The number of amides is 2. The first-order valence-corrected chi connectivity index (χ1v) is 15.0. The number of carbonyl (C=O) groups excluding carboxylic acids is 3. The summed E-state index contributed by atoms with van der Waals surface area (Å²) in [6, 6.07) is 12.7. The van der Waals surface area contributed by atoms with Gasteiger partial charge >= 0.3 is 5.97 Å². The number of nitrogens with one attached hydrogen (secondary N) is 2. The van der Waals surface area contributed by atoms with Crippen molar-refractivity contribution in [3.8, 4) is 5.69 Å². The molecule has 2 N–H and O–H groups in total. The molecule has 0 saturated heterocycles. The highest BCUT2D eigenvalue weighted by atomic mass is 35.5. The average Bonchev–Trinajstić information content (AvgIpc) is 3.65. The molecule has 212 valence electrons. The lowest BCUT2D eigenvalue weighted by molar-refractivity contribution is -0.113. The fourth-order valence-corrected chi connectivity index (χ4v) is 6.74. The van der Waals surface area contributed by atoms with Gasteiger partial charge in [0.1, 0.15) is 10.8 Å². The van der Waals surface area contributed by atoms with Gasteiger partial charge in [-0.1, -0.05) is 41.6 Å². The van der Waals surface area contributed by atoms with E-state index in [1.165, 1.54) is 29.5 Å². The summed E-state index contributed by atoms with van der Waals surface area (Å²) in [7, 11) is 0. The fourth-order valence-electron chi connectivity index (χ4n) is 4.49. The van der Waals surface area contributed by atoms with Crippen LogP contribution in [0.2, 0.25) is 5.02 Å². The second kappa shape index (κ2) is 12.8. The van der Waals surface area contributed by atoms with Crippen molar-refractivity contribution in [2.24, 2.45) is 0 Å². The zero-order valence-corrected chi connectivity index (χ0v) is 24.3. The fraction of sp³-hybridized carbons (Fsp3) is 0.250. The minimum absolute atomic E-state index is 0.0227. The molecule has 2 aromatic carbocycles. The summed E-state index contributed by atoms with van der Waals surface area (Å²) in [5.41, 5.74) is 1.94. The van der Waals surface area contributed by atoms with Crippen LogP contribution in [0.15, 0.2) is 53.7 Å². The molecule has 13 heteroatoms. The summed E-state index contributed by atoms with van der Waals surface area (Å²) in [5.74, 6) is -1.65. The third-order valence-electron chi connectivity index (χ3n) is 6.28. The number of halogens is 2. The first kappa shape index (κ1) is 28.8. The second-order valence-corrected chi connectivity index (χ2v) is 11.5. The van der Waals surface area contributed by atoms with Crippen LogP contribution in [0.4, 0.5) is 9.39 Å². The number of ether oxygens (including phenoxy) is 1. The van der Waals surface area contributed by atoms with E-state index in [1.54, 1.807) is 41.8 Å². The van der Waals surface area contributed by atoms with Crippen LogP contribution in [0.1, 0.15) is 50.3 Å². The Balaban J connectivity index is 1.33. The van der Waals surface area contributed by atoms with Crippen LogP contribution in [0.3, 0.4) is 0 Å². The van der Waals surface area contributed by atoms with Gasteiger partial charge in [0.25, 0.3) is 5.91 Å². The van der Waals surface area contributed by atoms with Gasteiger partial charge < -0.3 is 15.4 Å². The third-order valence-corrected chi connectivity index (χ3v) is 8.65. The smallest absolute Gasteiger partial charge is 0.341 e. The number of fused-ring (bicyclic) bond motifs is 1. The highest BCUT2D eigenvalue weighted by Crippen LogP contribution is 2.39. The molecule has 0 unspecified atom stereocenters. The Kier molecular flexibility index (Phi) is 9.01. The van der Waals surface area contributed by atoms with E-state index in [2.05, 4.69) is 20.8 Å². The number of hydrogen-bond acceptors (Lipinski definition) is 8. The van der Waals surface area contributed by atoms with Gasteiger partial charge in [-0.2, -0.15) is 0 Å². The first-order chi connectivity index (χ1) is 19.9. The molecule has 41 heavy (non-hydrogen) atoms. The van der Waals surface area contributed by atoms with Gasteiger partial charge in [-0.15, -0.1) is 21.5 Å². The summed E-state index contributed by atoms with van der Waals surface area (Å²) in [5, 5.41) is 15.3. The Morgan fingerprint density at radius 2 is 1.98 bits per heavy atom. The summed E-state index contributed by atoms with van der Waals surface area (Å²) < 4.78 is 21.0. The number of esters is 1. The molecule has 5 rings (SSSR count). The number of thioether (sulfide) groups is 1. The normalized spacial score (nSPS) is 12.2. The Morgan fingerprint density at radius 3 is 2.76 bits per heavy atom. The van der Waals surface area contributed by atoms with Crippen molar-refractivity contribution in [1.82, 2.24) is 20.1 Å². The summed E-state index contributed by atoms with van der Waals surface area (Å²) in [6.07, 6.45) is 2.62. The molecular weight excluding hydrogens is 589 g/mol. The number of nitrogens with zero attached hydrogens (tertiary/aromatic N) is 3. The van der Waals surface area contributed by atoms with Gasteiger partial charge in [-0.25, -0.2) is 9.18 Å². The number of hydrogen-bond donors (Lipinski definition) is 2. The van der Waals surface area contributed by atoms with Crippen molar-refractivity contribution in [2.45, 2.75) is 37.9 Å². The largest absolute Gasteiger partial charge is 0.462 e. The quantitative estimate of drug-likeness (QED) is 0.181. The lowest BCUT2D eigenvalue weighted by atomic mass is 10.1. The molecule has 0 atom stereocenters. The van der Waals surface area contributed by atoms with Crippen LogP contribution in [0.25, 0.3) is 5.69 Å². The number of anilines is 1. The molecule has 1 aliphatic carbocycles. The summed E-state index contributed by atoms with van der Waals surface area (Å²) in [4.78, 5) is 39.3. The lowest BCUT2D eigenvalue weighted by Gasteiger charge is -2.12. The molecule has 2 aromatic heterocycles. The maximum absolute atomic E-state index is 14.1. The molecular formula is C28H25ClFN5O4S2. The van der Waals surface area contributed by atoms with Crippen molar-refractivity contribution in [1.29, 1.82) is 0 Å². The Hall–Kier alpha value is -3.74. The van der Waals surface area contributed by atoms with Crippen LogP contribution in [-0.4, -0.2) is 44.9 Å². The van der Waals surface area contributed by atoms with Crippen molar-refractivity contribution < 1.29 is 23.5 Å². The van der Waals surface area contributed by atoms with E-state index in [0.717, 1.165) is 41.5 Å². The molecule has 9 nitrogen and oxygen atoms in total. The molecule has 2 amide bonds. The molecule has 0 bridgehead atoms. The van der Waals surface area contributed by atoms with Gasteiger partial charge in [0, 0.05) is 9.90 Å². The topological polar surface area (TPSA) is 115 Å². The highest BCUT2D eigenvalue weighted by molar-refractivity contribution is 7.99. The SMILES string of the molecule is CCOC(=O)c1c(NC(=O)CSc2nnc(CNC(=O)c3ccccc3F)n2-c2cccc(Cl)c2)sc2c1CCC2. The predicted molar refractivity (Wildman–Crippen MR) is 156 cm³/mol. The van der Waals surface area contributed by atoms with Crippen molar-refractivity contribution >= 4 is 57.5 Å². The number of rotatable bonds is 10. The molecule has 0 aliphatic heterocycles. The monoisotopic (exact) mass is 613 g/mol. The van der Waals surface area contributed by atoms with Gasteiger partial charge in [0.15, 0.2) is 11.0 Å². The van der Waals surface area contributed by atoms with Crippen LogP contribution >= 0.6 is 34.7 Å². The van der Waals surface area contributed by atoms with Crippen LogP contribution in [-0.2, 0) is 28.9 Å². The van der Waals surface area contributed by atoms with Gasteiger partial charge in [-0.3, -0.25) is 14.2 Å².